The molecule has 2 heterocycles. The van der Waals surface area contributed by atoms with E-state index in [2.05, 4.69) is 10.3 Å². The minimum atomic E-state index is -1.46. The third-order valence-electron chi connectivity index (χ3n) is 4.82. The minimum absolute atomic E-state index is 0. The molecular weight excluding hydrogens is 462 g/mol. The average Bonchev–Trinajstić information content (AvgIpc) is 3.55. The number of ether oxygens (including phenoxy) is 2. The maximum atomic E-state index is 9.89. The molecule has 0 amide bonds. The molecule has 11 heteroatoms. The Morgan fingerprint density at radius 2 is 1.53 bits per heavy atom. The number of nitrogens with zero attached hydrogens (tertiary/aromatic N) is 3. The number of aliphatic hydroxyl groups excluding tert-OH is 5. The van der Waals surface area contributed by atoms with Crippen molar-refractivity contribution in [3.8, 4) is 0 Å². The number of aliphatic hydroxyl groups is 5. The van der Waals surface area contributed by atoms with Crippen molar-refractivity contribution in [2.24, 2.45) is 0 Å². The Morgan fingerprint density at radius 1 is 0.906 bits per heavy atom. The van der Waals surface area contributed by atoms with Crippen molar-refractivity contribution in [3.63, 3.8) is 0 Å². The molecule has 5 atom stereocenters. The summed E-state index contributed by atoms with van der Waals surface area (Å²) >= 11 is 0. The molecule has 10 radical (unpaired) electrons. The molecule has 1 saturated heterocycles. The molecule has 3 fully saturated rings. The zero-order valence-electron chi connectivity index (χ0n) is 17.2. The zero-order chi connectivity index (χ0) is 22.2. The van der Waals surface area contributed by atoms with E-state index in [1.54, 1.807) is 10.9 Å². The van der Waals surface area contributed by atoms with Gasteiger partial charge in [-0.25, -0.2) is 0 Å². The van der Waals surface area contributed by atoms with Gasteiger partial charge >= 0.3 is 17.1 Å². The Balaban J connectivity index is 0.000000388. The number of aromatic nitrogens is 3. The molecule has 0 bridgehead atoms. The van der Waals surface area contributed by atoms with E-state index in [1.165, 1.54) is 0 Å². The summed E-state index contributed by atoms with van der Waals surface area (Å²) in [7, 11) is 0. The summed E-state index contributed by atoms with van der Waals surface area (Å²) in [5.74, 6) is 2.08. The first-order valence-corrected chi connectivity index (χ1v) is 9.85. The van der Waals surface area contributed by atoms with Gasteiger partial charge in [0.05, 0.1) is 19.4 Å². The van der Waals surface area contributed by atoms with Crippen molar-refractivity contribution in [2.45, 2.75) is 43.9 Å². The number of rotatable bonds is 7. The van der Waals surface area contributed by atoms with Crippen LogP contribution in [0.2, 0.25) is 0 Å². The minimum Gasteiger partial charge on any atom is -0.396 e. The standard InChI is InChI=1S/C15H20N3O6.C6H7O.Fe/c19-7-11-12(20)13(21)14(22)15(24-11)23-8-10-6-18(17-16-10)5-9-3-1-2-4-9;7-5-6-3-1-2-4-6;/h1-4,6,11-15,19-22H,5,7-8H2;1-4,7H,5H2;/q;;+2/t11-,12-,13+,14+,15+;;/m1../s1. The van der Waals surface area contributed by atoms with Crippen molar-refractivity contribution in [3.05, 3.63) is 75.1 Å². The van der Waals surface area contributed by atoms with E-state index < -0.39 is 37.3 Å². The Hall–Kier alpha value is -0.621. The van der Waals surface area contributed by atoms with Crippen molar-refractivity contribution >= 4 is 0 Å². The van der Waals surface area contributed by atoms with Crippen LogP contribution in [-0.2, 0) is 39.7 Å². The predicted molar refractivity (Wildman–Crippen MR) is 107 cm³/mol. The first kappa shape index (κ1) is 27.6. The summed E-state index contributed by atoms with van der Waals surface area (Å²) in [6.07, 6.45) is 10.7. The molecule has 32 heavy (non-hydrogen) atoms. The summed E-state index contributed by atoms with van der Waals surface area (Å²) in [5.41, 5.74) is 0.526. The van der Waals surface area contributed by atoms with E-state index in [0.29, 0.717) is 12.2 Å². The SMILES string of the molecule is OC[C@H]1O[C@H](OCc2cn(C[C]3[CH][CH][CH][CH]3)nn2)[C@@H](O)[C@@H](O)[C@@H]1O.OC[C]1[CH][CH][CH][CH]1.[Fe+2]. The van der Waals surface area contributed by atoms with Gasteiger partial charge < -0.3 is 35.0 Å². The zero-order valence-corrected chi connectivity index (χ0v) is 18.3. The van der Waals surface area contributed by atoms with Gasteiger partial charge in [0, 0.05) is 25.0 Å². The fraction of sp³-hybridized carbons (Fsp3) is 0.429. The maximum absolute atomic E-state index is 9.89. The van der Waals surface area contributed by atoms with Crippen LogP contribution in [0.5, 0.6) is 0 Å². The summed E-state index contributed by atoms with van der Waals surface area (Å²) in [5, 5.41) is 54.8. The molecule has 0 aromatic carbocycles. The third kappa shape index (κ3) is 7.72. The second-order valence-corrected chi connectivity index (χ2v) is 7.16. The Bertz CT molecular complexity index is 639. The van der Waals surface area contributed by atoms with E-state index >= 15 is 0 Å². The van der Waals surface area contributed by atoms with Gasteiger partial charge in [0.1, 0.15) is 30.1 Å². The molecular formula is C21H27FeN3O7+2. The molecule has 1 aliphatic heterocycles. The first-order valence-electron chi connectivity index (χ1n) is 9.85. The van der Waals surface area contributed by atoms with E-state index in [4.69, 9.17) is 19.7 Å². The second-order valence-electron chi connectivity index (χ2n) is 7.16. The van der Waals surface area contributed by atoms with Crippen LogP contribution in [0.25, 0.3) is 0 Å². The number of hydrogen-bond acceptors (Lipinski definition) is 9. The molecule has 5 N–H and O–H groups in total. The van der Waals surface area contributed by atoms with Crippen molar-refractivity contribution in [1.29, 1.82) is 0 Å². The normalized spacial score (nSPS) is 31.2. The van der Waals surface area contributed by atoms with E-state index in [9.17, 15) is 15.3 Å². The fourth-order valence-electron chi connectivity index (χ4n) is 3.08. The van der Waals surface area contributed by atoms with Gasteiger partial charge in [-0.2, -0.15) is 0 Å². The smallest absolute Gasteiger partial charge is 0.396 e. The Morgan fingerprint density at radius 3 is 2.09 bits per heavy atom. The van der Waals surface area contributed by atoms with Crippen LogP contribution in [0.1, 0.15) is 5.69 Å². The van der Waals surface area contributed by atoms with Gasteiger partial charge in [0.2, 0.25) is 0 Å². The molecule has 2 aliphatic carbocycles. The van der Waals surface area contributed by atoms with Gasteiger partial charge in [-0.05, 0) is 51.4 Å². The van der Waals surface area contributed by atoms with Gasteiger partial charge in [0.15, 0.2) is 6.29 Å². The molecule has 174 valence electrons. The second kappa shape index (κ2) is 13.9. The van der Waals surface area contributed by atoms with Crippen LogP contribution < -0.4 is 0 Å². The van der Waals surface area contributed by atoms with Gasteiger partial charge in [-0.1, -0.05) is 5.21 Å². The van der Waals surface area contributed by atoms with E-state index in [1.807, 2.05) is 51.4 Å². The average molecular weight is 489 g/mol. The van der Waals surface area contributed by atoms with Gasteiger partial charge in [0.25, 0.3) is 0 Å². The first-order chi connectivity index (χ1) is 15.0. The molecule has 10 nitrogen and oxygen atoms in total. The van der Waals surface area contributed by atoms with Crippen LogP contribution in [-0.4, -0.2) is 84.4 Å². The molecule has 2 saturated carbocycles. The van der Waals surface area contributed by atoms with E-state index in [-0.39, 0.29) is 30.3 Å². The quantitative estimate of drug-likeness (QED) is 0.285. The molecule has 0 unspecified atom stereocenters. The maximum Gasteiger partial charge on any atom is 2.00 e. The van der Waals surface area contributed by atoms with Crippen LogP contribution >= 0.6 is 0 Å². The number of hydrogen-bond donors (Lipinski definition) is 5. The van der Waals surface area contributed by atoms with Crippen LogP contribution in [0.15, 0.2) is 6.20 Å². The molecule has 3 aliphatic rings. The predicted octanol–water partition coefficient (Wildman–Crippen LogP) is -1.62. The van der Waals surface area contributed by atoms with Crippen LogP contribution in [0.3, 0.4) is 0 Å². The largest absolute Gasteiger partial charge is 2.00 e. The summed E-state index contributed by atoms with van der Waals surface area (Å²) in [4.78, 5) is 0. The van der Waals surface area contributed by atoms with Crippen molar-refractivity contribution in [2.75, 3.05) is 13.2 Å². The summed E-state index contributed by atoms with van der Waals surface area (Å²) in [6, 6.07) is 0. The Labute approximate surface area is 199 Å². The third-order valence-corrected chi connectivity index (χ3v) is 4.82. The van der Waals surface area contributed by atoms with E-state index in [0.717, 1.165) is 11.8 Å². The van der Waals surface area contributed by atoms with Crippen LogP contribution in [0, 0.1) is 63.2 Å². The molecule has 0 spiro atoms. The van der Waals surface area contributed by atoms with Gasteiger partial charge in [-0.3, -0.25) is 4.68 Å². The monoisotopic (exact) mass is 489 g/mol. The van der Waals surface area contributed by atoms with Crippen molar-refractivity contribution in [1.82, 2.24) is 15.0 Å². The fourth-order valence-corrected chi connectivity index (χ4v) is 3.08. The topological polar surface area (TPSA) is 150 Å². The summed E-state index contributed by atoms with van der Waals surface area (Å²) in [6.45, 7) is 0.247. The van der Waals surface area contributed by atoms with Crippen LogP contribution in [0.4, 0.5) is 0 Å². The molecule has 1 aromatic rings. The summed E-state index contributed by atoms with van der Waals surface area (Å²) < 4.78 is 12.3. The molecule has 4 rings (SSSR count). The van der Waals surface area contributed by atoms with Gasteiger partial charge in [-0.15, -0.1) is 5.10 Å². The van der Waals surface area contributed by atoms with Crippen molar-refractivity contribution < 1.29 is 52.1 Å². The Kier molecular flexibility index (Phi) is 12.0. The molecule has 1 aromatic heterocycles.